The Morgan fingerprint density at radius 1 is 1.32 bits per heavy atom. The summed E-state index contributed by atoms with van der Waals surface area (Å²) in [7, 11) is 1.52. The molecule has 0 aromatic heterocycles. The number of hydrogen-bond acceptors (Lipinski definition) is 3. The standard InChI is InChI=1S/C16H25FN2O3/c1-11(2)16(3,21)10-19-15(20)18-9-14(22-4)12-5-7-13(17)8-6-12/h5-8,11,14,21H,9-10H2,1-4H3,(H2,18,19,20). The van der Waals surface area contributed by atoms with Crippen molar-refractivity contribution in [1.82, 2.24) is 10.6 Å². The molecule has 1 aromatic carbocycles. The molecule has 0 heterocycles. The Bertz CT molecular complexity index is 475. The predicted molar refractivity (Wildman–Crippen MR) is 83.0 cm³/mol. The maximum Gasteiger partial charge on any atom is 0.314 e. The monoisotopic (exact) mass is 312 g/mol. The van der Waals surface area contributed by atoms with E-state index in [4.69, 9.17) is 4.74 Å². The van der Waals surface area contributed by atoms with Gasteiger partial charge >= 0.3 is 6.03 Å². The van der Waals surface area contributed by atoms with Crippen molar-refractivity contribution in [3.8, 4) is 0 Å². The predicted octanol–water partition coefficient (Wildman–Crippen LogP) is 2.22. The second-order valence-corrected chi connectivity index (χ2v) is 5.85. The molecule has 0 saturated carbocycles. The van der Waals surface area contributed by atoms with E-state index in [1.54, 1.807) is 19.1 Å². The molecule has 0 aliphatic heterocycles. The van der Waals surface area contributed by atoms with Gasteiger partial charge in [-0.05, 0) is 30.5 Å². The molecule has 0 radical (unpaired) electrons. The van der Waals surface area contributed by atoms with E-state index in [2.05, 4.69) is 10.6 Å². The van der Waals surface area contributed by atoms with E-state index in [-0.39, 0.29) is 37.0 Å². The first-order chi connectivity index (χ1) is 10.3. The summed E-state index contributed by atoms with van der Waals surface area (Å²) in [6, 6.07) is 5.55. The number of amides is 2. The molecular weight excluding hydrogens is 287 g/mol. The lowest BCUT2D eigenvalue weighted by atomic mass is 9.93. The molecule has 0 aliphatic rings. The molecule has 6 heteroatoms. The molecular formula is C16H25FN2O3. The van der Waals surface area contributed by atoms with Gasteiger partial charge in [-0.3, -0.25) is 0 Å². The number of nitrogens with one attached hydrogen (secondary N) is 2. The fraction of sp³-hybridized carbons (Fsp3) is 0.562. The van der Waals surface area contributed by atoms with Gasteiger partial charge in [-0.2, -0.15) is 0 Å². The number of aliphatic hydroxyl groups is 1. The average molecular weight is 312 g/mol. The zero-order chi connectivity index (χ0) is 16.8. The highest BCUT2D eigenvalue weighted by atomic mass is 19.1. The Morgan fingerprint density at radius 2 is 1.91 bits per heavy atom. The second kappa shape index (κ2) is 8.10. The minimum Gasteiger partial charge on any atom is -0.388 e. The molecule has 0 aliphatic carbocycles. The van der Waals surface area contributed by atoms with E-state index in [0.29, 0.717) is 0 Å². The van der Waals surface area contributed by atoms with Crippen molar-refractivity contribution in [1.29, 1.82) is 0 Å². The van der Waals surface area contributed by atoms with Crippen LogP contribution in [0.1, 0.15) is 32.4 Å². The van der Waals surface area contributed by atoms with Gasteiger partial charge in [-0.25, -0.2) is 9.18 Å². The highest BCUT2D eigenvalue weighted by Gasteiger charge is 2.25. The molecule has 5 nitrogen and oxygen atoms in total. The topological polar surface area (TPSA) is 70.6 Å². The van der Waals surface area contributed by atoms with Crippen molar-refractivity contribution in [2.75, 3.05) is 20.2 Å². The van der Waals surface area contributed by atoms with Crippen molar-refractivity contribution in [3.63, 3.8) is 0 Å². The third-order valence-corrected chi connectivity index (χ3v) is 3.82. The van der Waals surface area contributed by atoms with Crippen LogP contribution >= 0.6 is 0 Å². The van der Waals surface area contributed by atoms with Gasteiger partial charge in [-0.15, -0.1) is 0 Å². The molecule has 124 valence electrons. The van der Waals surface area contributed by atoms with Gasteiger partial charge in [0.1, 0.15) is 5.82 Å². The maximum atomic E-state index is 12.9. The van der Waals surface area contributed by atoms with E-state index >= 15 is 0 Å². The molecule has 1 rings (SSSR count). The van der Waals surface area contributed by atoms with Gasteiger partial charge in [-0.1, -0.05) is 26.0 Å². The zero-order valence-corrected chi connectivity index (χ0v) is 13.5. The van der Waals surface area contributed by atoms with Crippen molar-refractivity contribution in [3.05, 3.63) is 35.6 Å². The molecule has 0 bridgehead atoms. The first-order valence-corrected chi connectivity index (χ1v) is 7.28. The fourth-order valence-corrected chi connectivity index (χ4v) is 1.73. The van der Waals surface area contributed by atoms with E-state index in [9.17, 15) is 14.3 Å². The van der Waals surface area contributed by atoms with E-state index < -0.39 is 5.60 Å². The number of methoxy groups -OCH3 is 1. The lowest BCUT2D eigenvalue weighted by Gasteiger charge is -2.28. The molecule has 2 amide bonds. The van der Waals surface area contributed by atoms with Crippen LogP contribution in [-0.4, -0.2) is 36.9 Å². The van der Waals surface area contributed by atoms with Crippen LogP contribution in [0.15, 0.2) is 24.3 Å². The van der Waals surface area contributed by atoms with Crippen molar-refractivity contribution in [2.45, 2.75) is 32.5 Å². The Labute approximate surface area is 130 Å². The highest BCUT2D eigenvalue weighted by molar-refractivity contribution is 5.73. The van der Waals surface area contributed by atoms with Crippen LogP contribution in [0.25, 0.3) is 0 Å². The molecule has 3 N–H and O–H groups in total. The summed E-state index contributed by atoms with van der Waals surface area (Å²) in [5.74, 6) is -0.293. The van der Waals surface area contributed by atoms with Crippen LogP contribution in [0.3, 0.4) is 0 Å². The normalized spacial score (nSPS) is 15.2. The summed E-state index contributed by atoms with van der Waals surface area (Å²) in [4.78, 5) is 11.8. The summed E-state index contributed by atoms with van der Waals surface area (Å²) in [6.45, 7) is 5.85. The Morgan fingerprint density at radius 3 is 2.41 bits per heavy atom. The SMILES string of the molecule is COC(CNC(=O)NCC(C)(O)C(C)C)c1ccc(F)cc1. The minimum atomic E-state index is -0.963. The number of benzene rings is 1. The Kier molecular flexibility index (Phi) is 6.77. The van der Waals surface area contributed by atoms with Crippen LogP contribution in [0.2, 0.25) is 0 Å². The summed E-state index contributed by atoms with van der Waals surface area (Å²) >= 11 is 0. The Hall–Kier alpha value is -1.66. The number of hydrogen-bond donors (Lipinski definition) is 3. The van der Waals surface area contributed by atoms with Crippen LogP contribution in [-0.2, 0) is 4.74 Å². The second-order valence-electron chi connectivity index (χ2n) is 5.85. The summed E-state index contributed by atoms with van der Waals surface area (Å²) in [5.41, 5.74) is -0.187. The average Bonchev–Trinajstić information content (AvgIpc) is 2.47. The van der Waals surface area contributed by atoms with Gasteiger partial charge in [0.05, 0.1) is 11.7 Å². The van der Waals surface area contributed by atoms with Gasteiger partial charge in [0, 0.05) is 20.2 Å². The molecule has 2 unspecified atom stereocenters. The number of ether oxygens (including phenoxy) is 1. The van der Waals surface area contributed by atoms with Crippen LogP contribution in [0.4, 0.5) is 9.18 Å². The third kappa shape index (κ3) is 5.61. The van der Waals surface area contributed by atoms with Gasteiger partial charge in [0.25, 0.3) is 0 Å². The lowest BCUT2D eigenvalue weighted by Crippen LogP contribution is -2.48. The zero-order valence-electron chi connectivity index (χ0n) is 13.5. The molecule has 2 atom stereocenters. The fourth-order valence-electron chi connectivity index (χ4n) is 1.73. The summed E-state index contributed by atoms with van der Waals surface area (Å²) < 4.78 is 18.2. The van der Waals surface area contributed by atoms with E-state index in [0.717, 1.165) is 5.56 Å². The molecule has 0 spiro atoms. The number of carbonyl (C=O) groups excluding carboxylic acids is 1. The van der Waals surface area contributed by atoms with Gasteiger partial charge < -0.3 is 20.5 Å². The molecule has 22 heavy (non-hydrogen) atoms. The molecule has 1 aromatic rings. The third-order valence-electron chi connectivity index (χ3n) is 3.82. The first-order valence-electron chi connectivity index (χ1n) is 7.28. The van der Waals surface area contributed by atoms with Crippen LogP contribution in [0.5, 0.6) is 0 Å². The minimum absolute atomic E-state index is 0.0266. The van der Waals surface area contributed by atoms with Crippen LogP contribution < -0.4 is 10.6 Å². The number of halogens is 1. The van der Waals surface area contributed by atoms with Crippen molar-refractivity contribution < 1.29 is 19.0 Å². The molecule has 0 fully saturated rings. The number of rotatable bonds is 7. The quantitative estimate of drug-likeness (QED) is 0.723. The largest absolute Gasteiger partial charge is 0.388 e. The number of urea groups is 1. The Balaban J connectivity index is 2.46. The maximum absolute atomic E-state index is 12.9. The van der Waals surface area contributed by atoms with Crippen molar-refractivity contribution in [2.24, 2.45) is 5.92 Å². The van der Waals surface area contributed by atoms with Crippen LogP contribution in [0, 0.1) is 11.7 Å². The summed E-state index contributed by atoms with van der Waals surface area (Å²) in [5, 5.41) is 15.4. The van der Waals surface area contributed by atoms with Gasteiger partial charge in [0.2, 0.25) is 0 Å². The molecule has 0 saturated heterocycles. The first kappa shape index (κ1) is 18.4. The summed E-state index contributed by atoms with van der Waals surface area (Å²) in [6.07, 6.45) is -0.364. The van der Waals surface area contributed by atoms with Crippen molar-refractivity contribution >= 4 is 6.03 Å². The van der Waals surface area contributed by atoms with E-state index in [1.165, 1.54) is 19.2 Å². The highest BCUT2D eigenvalue weighted by Crippen LogP contribution is 2.16. The number of carbonyl (C=O) groups is 1. The lowest BCUT2D eigenvalue weighted by molar-refractivity contribution is 0.0164. The van der Waals surface area contributed by atoms with E-state index in [1.807, 2.05) is 13.8 Å². The van der Waals surface area contributed by atoms with Gasteiger partial charge in [0.15, 0.2) is 0 Å². The smallest absolute Gasteiger partial charge is 0.314 e.